The first-order chi connectivity index (χ1) is 12.7. The summed E-state index contributed by atoms with van der Waals surface area (Å²) in [7, 11) is 0. The molecular weight excluding hydrogens is 350 g/mol. The third-order valence-corrected chi connectivity index (χ3v) is 5.04. The van der Waals surface area contributed by atoms with E-state index in [4.69, 9.17) is 9.26 Å². The Morgan fingerprint density at radius 3 is 3.04 bits per heavy atom. The van der Waals surface area contributed by atoms with Crippen LogP contribution in [-0.4, -0.2) is 40.6 Å². The lowest BCUT2D eigenvalue weighted by molar-refractivity contribution is 0.0570. The number of amides is 1. The standard InChI is InChI=1S/C19H19N3O3S/c1-13-3-2-4-16(9-13)24-7-5-17-20-18(25-21-17)15-10-22(11-15)19(23)14-6-8-26-12-14/h2-4,6,8-9,12,15H,5,7,10-11H2,1H3. The van der Waals surface area contributed by atoms with Crippen LogP contribution in [0.25, 0.3) is 0 Å². The molecule has 134 valence electrons. The Bertz CT molecular complexity index is 885. The molecule has 7 heteroatoms. The van der Waals surface area contributed by atoms with Gasteiger partial charge in [0.25, 0.3) is 5.91 Å². The van der Waals surface area contributed by atoms with E-state index >= 15 is 0 Å². The zero-order valence-electron chi connectivity index (χ0n) is 14.4. The van der Waals surface area contributed by atoms with Crippen molar-refractivity contribution >= 4 is 17.2 Å². The molecule has 4 rings (SSSR count). The lowest BCUT2D eigenvalue weighted by Crippen LogP contribution is -2.48. The van der Waals surface area contributed by atoms with Crippen molar-refractivity contribution in [2.45, 2.75) is 19.3 Å². The molecule has 0 unspecified atom stereocenters. The van der Waals surface area contributed by atoms with Gasteiger partial charge in [-0.2, -0.15) is 16.3 Å². The highest BCUT2D eigenvalue weighted by molar-refractivity contribution is 7.08. The third kappa shape index (κ3) is 3.62. The lowest BCUT2D eigenvalue weighted by atomic mass is 9.99. The molecule has 0 atom stereocenters. The minimum Gasteiger partial charge on any atom is -0.493 e. The molecule has 3 aromatic rings. The van der Waals surface area contributed by atoms with Crippen LogP contribution in [0.15, 0.2) is 45.6 Å². The number of aryl methyl sites for hydroxylation is 1. The van der Waals surface area contributed by atoms with E-state index in [9.17, 15) is 4.79 Å². The monoisotopic (exact) mass is 369 g/mol. The fourth-order valence-corrected chi connectivity index (χ4v) is 3.50. The summed E-state index contributed by atoms with van der Waals surface area (Å²) >= 11 is 1.53. The van der Waals surface area contributed by atoms with Crippen molar-refractivity contribution in [2.75, 3.05) is 19.7 Å². The first kappa shape index (κ1) is 16.8. The van der Waals surface area contributed by atoms with Crippen LogP contribution in [0.5, 0.6) is 5.75 Å². The smallest absolute Gasteiger partial charge is 0.254 e. The van der Waals surface area contributed by atoms with Gasteiger partial charge in [-0.25, -0.2) is 0 Å². The molecule has 1 amide bonds. The second-order valence-electron chi connectivity index (χ2n) is 6.38. The normalized spacial score (nSPS) is 14.3. The van der Waals surface area contributed by atoms with Gasteiger partial charge in [0.15, 0.2) is 5.82 Å². The van der Waals surface area contributed by atoms with Gasteiger partial charge < -0.3 is 14.2 Å². The first-order valence-corrected chi connectivity index (χ1v) is 9.47. The quantitative estimate of drug-likeness (QED) is 0.667. The van der Waals surface area contributed by atoms with Gasteiger partial charge in [0, 0.05) is 24.9 Å². The SMILES string of the molecule is Cc1cccc(OCCc2noc(C3CN(C(=O)c4ccsc4)C3)n2)c1. The largest absolute Gasteiger partial charge is 0.493 e. The average Bonchev–Trinajstić information content (AvgIpc) is 3.25. The molecule has 0 N–H and O–H groups in total. The maximum Gasteiger partial charge on any atom is 0.254 e. The van der Waals surface area contributed by atoms with Gasteiger partial charge in [0.05, 0.1) is 18.1 Å². The van der Waals surface area contributed by atoms with Crippen LogP contribution in [0.3, 0.4) is 0 Å². The minimum absolute atomic E-state index is 0.0637. The van der Waals surface area contributed by atoms with Gasteiger partial charge in [-0.1, -0.05) is 17.3 Å². The number of likely N-dealkylation sites (tertiary alicyclic amines) is 1. The maximum atomic E-state index is 12.2. The number of carbonyl (C=O) groups is 1. The highest BCUT2D eigenvalue weighted by atomic mass is 32.1. The van der Waals surface area contributed by atoms with E-state index < -0.39 is 0 Å². The number of ether oxygens (including phenoxy) is 1. The highest BCUT2D eigenvalue weighted by Crippen LogP contribution is 2.27. The van der Waals surface area contributed by atoms with E-state index in [1.165, 1.54) is 11.3 Å². The first-order valence-electron chi connectivity index (χ1n) is 8.52. The Labute approximate surface area is 155 Å². The van der Waals surface area contributed by atoms with E-state index in [0.717, 1.165) is 16.9 Å². The van der Waals surface area contributed by atoms with Crippen molar-refractivity contribution < 1.29 is 14.1 Å². The molecule has 0 bridgehead atoms. The predicted octanol–water partition coefficient (Wildman–Crippen LogP) is 3.30. The second kappa shape index (κ2) is 7.29. The number of aromatic nitrogens is 2. The summed E-state index contributed by atoms with van der Waals surface area (Å²) in [5.74, 6) is 2.26. The summed E-state index contributed by atoms with van der Waals surface area (Å²) in [6.45, 7) is 3.77. The van der Waals surface area contributed by atoms with Crippen molar-refractivity contribution in [1.29, 1.82) is 0 Å². The highest BCUT2D eigenvalue weighted by Gasteiger charge is 2.36. The number of carbonyl (C=O) groups excluding carboxylic acids is 1. The van der Waals surface area contributed by atoms with E-state index in [0.29, 0.717) is 37.8 Å². The summed E-state index contributed by atoms with van der Waals surface area (Å²) < 4.78 is 11.1. The van der Waals surface area contributed by atoms with Crippen molar-refractivity contribution in [3.8, 4) is 5.75 Å². The molecule has 0 spiro atoms. The topological polar surface area (TPSA) is 68.5 Å². The summed E-state index contributed by atoms with van der Waals surface area (Å²) in [4.78, 5) is 18.5. The van der Waals surface area contributed by atoms with Crippen LogP contribution < -0.4 is 4.74 Å². The van der Waals surface area contributed by atoms with E-state index in [2.05, 4.69) is 10.1 Å². The molecule has 1 saturated heterocycles. The van der Waals surface area contributed by atoms with Crippen LogP contribution in [0, 0.1) is 6.92 Å². The summed E-state index contributed by atoms with van der Waals surface area (Å²) in [6.07, 6.45) is 0.585. The minimum atomic E-state index is 0.0637. The molecule has 0 saturated carbocycles. The summed E-state index contributed by atoms with van der Waals surface area (Å²) in [5.41, 5.74) is 1.91. The fourth-order valence-electron chi connectivity index (χ4n) is 2.87. The Kier molecular flexibility index (Phi) is 4.71. The van der Waals surface area contributed by atoms with Gasteiger partial charge in [-0.05, 0) is 36.1 Å². The Balaban J connectivity index is 1.26. The number of rotatable bonds is 6. The number of benzene rings is 1. The van der Waals surface area contributed by atoms with Gasteiger partial charge in [-0.3, -0.25) is 4.79 Å². The predicted molar refractivity (Wildman–Crippen MR) is 97.6 cm³/mol. The van der Waals surface area contributed by atoms with Gasteiger partial charge in [-0.15, -0.1) is 0 Å². The molecule has 1 fully saturated rings. The Morgan fingerprint density at radius 2 is 2.27 bits per heavy atom. The molecule has 26 heavy (non-hydrogen) atoms. The van der Waals surface area contributed by atoms with E-state index in [1.54, 1.807) is 4.90 Å². The fraction of sp³-hybridized carbons (Fsp3) is 0.316. The molecule has 0 radical (unpaired) electrons. The van der Waals surface area contributed by atoms with Crippen LogP contribution in [0.1, 0.15) is 33.6 Å². The van der Waals surface area contributed by atoms with Crippen molar-refractivity contribution in [3.05, 3.63) is 63.9 Å². The van der Waals surface area contributed by atoms with E-state index in [1.807, 2.05) is 48.0 Å². The Morgan fingerprint density at radius 1 is 1.38 bits per heavy atom. The molecular formula is C19H19N3O3S. The molecule has 2 aromatic heterocycles. The number of hydrogen-bond acceptors (Lipinski definition) is 6. The second-order valence-corrected chi connectivity index (χ2v) is 7.16. The van der Waals surface area contributed by atoms with Crippen LogP contribution >= 0.6 is 11.3 Å². The maximum absolute atomic E-state index is 12.2. The van der Waals surface area contributed by atoms with Crippen LogP contribution in [0.4, 0.5) is 0 Å². The number of hydrogen-bond donors (Lipinski definition) is 0. The molecule has 1 aliphatic heterocycles. The summed E-state index contributed by atoms with van der Waals surface area (Å²) in [5, 5.41) is 7.80. The lowest BCUT2D eigenvalue weighted by Gasteiger charge is -2.36. The molecule has 6 nitrogen and oxygen atoms in total. The van der Waals surface area contributed by atoms with Crippen molar-refractivity contribution in [3.63, 3.8) is 0 Å². The summed E-state index contributed by atoms with van der Waals surface area (Å²) in [6, 6.07) is 9.77. The van der Waals surface area contributed by atoms with Gasteiger partial charge in [0.1, 0.15) is 5.75 Å². The van der Waals surface area contributed by atoms with Gasteiger partial charge >= 0.3 is 0 Å². The van der Waals surface area contributed by atoms with Crippen LogP contribution in [-0.2, 0) is 6.42 Å². The third-order valence-electron chi connectivity index (χ3n) is 4.35. The van der Waals surface area contributed by atoms with Crippen molar-refractivity contribution in [2.24, 2.45) is 0 Å². The zero-order valence-corrected chi connectivity index (χ0v) is 15.2. The van der Waals surface area contributed by atoms with Gasteiger partial charge in [0.2, 0.25) is 5.89 Å². The zero-order chi connectivity index (χ0) is 17.9. The number of thiophene rings is 1. The average molecular weight is 369 g/mol. The molecule has 1 aromatic carbocycles. The van der Waals surface area contributed by atoms with E-state index in [-0.39, 0.29) is 11.8 Å². The van der Waals surface area contributed by atoms with Crippen LogP contribution in [0.2, 0.25) is 0 Å². The Hall–Kier alpha value is -2.67. The van der Waals surface area contributed by atoms with Crippen molar-refractivity contribution in [1.82, 2.24) is 15.0 Å². The molecule has 1 aliphatic rings. The molecule has 0 aliphatic carbocycles. The number of nitrogens with zero attached hydrogens (tertiary/aromatic N) is 3. The molecule has 3 heterocycles.